The van der Waals surface area contributed by atoms with E-state index in [4.69, 9.17) is 9.84 Å². The van der Waals surface area contributed by atoms with Crippen LogP contribution < -0.4 is 0 Å². The van der Waals surface area contributed by atoms with Crippen LogP contribution in [-0.2, 0) is 4.74 Å². The number of rotatable bonds is 20. The van der Waals surface area contributed by atoms with Crippen LogP contribution in [0.5, 0.6) is 0 Å². The van der Waals surface area contributed by atoms with Gasteiger partial charge in [-0.25, -0.2) is 9.59 Å². The van der Waals surface area contributed by atoms with Crippen molar-refractivity contribution in [3.05, 3.63) is 35.4 Å². The molecule has 0 fully saturated rings. The van der Waals surface area contributed by atoms with E-state index < -0.39 is 11.9 Å². The van der Waals surface area contributed by atoms with Gasteiger partial charge in [-0.15, -0.1) is 0 Å². The molecule has 0 aliphatic rings. The second kappa shape index (κ2) is 18.9. The van der Waals surface area contributed by atoms with Gasteiger partial charge in [0, 0.05) is 0 Å². The molecule has 0 unspecified atom stereocenters. The first-order chi connectivity index (χ1) is 15.2. The zero-order chi connectivity index (χ0) is 22.6. The van der Waals surface area contributed by atoms with Crippen LogP contribution in [0.25, 0.3) is 0 Å². The summed E-state index contributed by atoms with van der Waals surface area (Å²) < 4.78 is 5.24. The van der Waals surface area contributed by atoms with Gasteiger partial charge < -0.3 is 9.84 Å². The molecule has 0 saturated heterocycles. The van der Waals surface area contributed by atoms with Gasteiger partial charge in [0.05, 0.1) is 17.7 Å². The maximum atomic E-state index is 12.1. The number of carbonyl (C=O) groups is 2. The van der Waals surface area contributed by atoms with Crippen molar-refractivity contribution in [3.63, 3.8) is 0 Å². The maximum absolute atomic E-state index is 12.1. The summed E-state index contributed by atoms with van der Waals surface area (Å²) in [5, 5.41) is 9.13. The van der Waals surface area contributed by atoms with Crippen molar-refractivity contribution in [1.82, 2.24) is 0 Å². The van der Waals surface area contributed by atoms with Crippen LogP contribution in [0.15, 0.2) is 24.3 Å². The molecule has 0 atom stereocenters. The molecule has 1 aromatic rings. The van der Waals surface area contributed by atoms with Gasteiger partial charge in [0.1, 0.15) is 0 Å². The molecule has 0 aliphatic carbocycles. The lowest BCUT2D eigenvalue weighted by atomic mass is 10.0. The summed E-state index contributed by atoms with van der Waals surface area (Å²) in [7, 11) is 0. The van der Waals surface area contributed by atoms with Gasteiger partial charge in [0.2, 0.25) is 0 Å². The molecule has 4 heteroatoms. The molecular formula is C27H44O4. The van der Waals surface area contributed by atoms with Gasteiger partial charge in [-0.05, 0) is 18.6 Å². The number of unbranched alkanes of at least 4 members (excludes halogenated alkanes) is 16. The highest BCUT2D eigenvalue weighted by molar-refractivity contribution is 6.02. The van der Waals surface area contributed by atoms with Crippen molar-refractivity contribution < 1.29 is 19.4 Å². The minimum absolute atomic E-state index is 0.00471. The standard InChI is InChI=1S/C27H44O4/c1-2-3-4-5-6-7-8-9-10-11-12-13-14-15-16-17-20-23-31-27(30)25-22-19-18-21-24(25)26(28)29/h18-19,21-22H,2-17,20,23H2,1H3,(H,28,29). The fraction of sp³-hybridized carbons (Fsp3) is 0.704. The van der Waals surface area contributed by atoms with Crippen molar-refractivity contribution in [1.29, 1.82) is 0 Å². The molecule has 0 aliphatic heterocycles. The number of aromatic carboxylic acids is 1. The Morgan fingerprint density at radius 1 is 0.645 bits per heavy atom. The monoisotopic (exact) mass is 432 g/mol. The molecule has 4 nitrogen and oxygen atoms in total. The maximum Gasteiger partial charge on any atom is 0.339 e. The molecule has 0 saturated carbocycles. The third-order valence-corrected chi connectivity index (χ3v) is 5.86. The number of carboxylic acids is 1. The Morgan fingerprint density at radius 2 is 1.03 bits per heavy atom. The van der Waals surface area contributed by atoms with E-state index in [-0.39, 0.29) is 11.1 Å². The van der Waals surface area contributed by atoms with E-state index >= 15 is 0 Å². The minimum Gasteiger partial charge on any atom is -0.478 e. The van der Waals surface area contributed by atoms with Gasteiger partial charge in [0.25, 0.3) is 0 Å². The van der Waals surface area contributed by atoms with Crippen molar-refractivity contribution in [2.75, 3.05) is 6.61 Å². The number of carboxylic acid groups (broad SMARTS) is 1. The van der Waals surface area contributed by atoms with Crippen molar-refractivity contribution >= 4 is 11.9 Å². The second-order valence-corrected chi connectivity index (χ2v) is 8.64. The summed E-state index contributed by atoms with van der Waals surface area (Å²) >= 11 is 0. The number of hydrogen-bond donors (Lipinski definition) is 1. The van der Waals surface area contributed by atoms with Gasteiger partial charge >= 0.3 is 11.9 Å². The number of ether oxygens (including phenoxy) is 1. The molecule has 0 amide bonds. The van der Waals surface area contributed by atoms with E-state index in [1.54, 1.807) is 12.1 Å². The van der Waals surface area contributed by atoms with E-state index in [1.807, 2.05) is 0 Å². The summed E-state index contributed by atoms with van der Waals surface area (Å²) in [5.41, 5.74) is 0.122. The Balaban J connectivity index is 1.87. The van der Waals surface area contributed by atoms with Gasteiger partial charge in [-0.3, -0.25) is 0 Å². The van der Waals surface area contributed by atoms with Crippen molar-refractivity contribution in [2.45, 2.75) is 116 Å². The molecule has 1 rings (SSSR count). The molecule has 1 aromatic carbocycles. The molecular weight excluding hydrogens is 388 g/mol. The lowest BCUT2D eigenvalue weighted by molar-refractivity contribution is 0.0487. The highest BCUT2D eigenvalue weighted by Crippen LogP contribution is 2.14. The minimum atomic E-state index is -1.11. The van der Waals surface area contributed by atoms with E-state index in [0.717, 1.165) is 12.8 Å². The largest absolute Gasteiger partial charge is 0.478 e. The Labute approximate surface area is 189 Å². The summed E-state index contributed by atoms with van der Waals surface area (Å²) in [5.74, 6) is -1.65. The molecule has 1 N–H and O–H groups in total. The molecule has 0 bridgehead atoms. The Hall–Kier alpha value is -1.84. The number of carbonyl (C=O) groups excluding carboxylic acids is 1. The van der Waals surface area contributed by atoms with Gasteiger partial charge in [-0.2, -0.15) is 0 Å². The van der Waals surface area contributed by atoms with Crippen LogP contribution >= 0.6 is 0 Å². The van der Waals surface area contributed by atoms with Crippen LogP contribution in [-0.4, -0.2) is 23.7 Å². The smallest absolute Gasteiger partial charge is 0.339 e. The first-order valence-corrected chi connectivity index (χ1v) is 12.7. The molecule has 176 valence electrons. The predicted molar refractivity (Wildman–Crippen MR) is 128 cm³/mol. The normalized spacial score (nSPS) is 10.9. The number of hydrogen-bond acceptors (Lipinski definition) is 3. The number of esters is 1. The fourth-order valence-electron chi connectivity index (χ4n) is 3.92. The number of benzene rings is 1. The van der Waals surface area contributed by atoms with Crippen molar-refractivity contribution in [2.24, 2.45) is 0 Å². The summed E-state index contributed by atoms with van der Waals surface area (Å²) in [6.45, 7) is 2.62. The zero-order valence-corrected chi connectivity index (χ0v) is 19.7. The van der Waals surface area contributed by atoms with Crippen LogP contribution in [0.2, 0.25) is 0 Å². The first kappa shape index (κ1) is 27.2. The molecule has 0 heterocycles. The topological polar surface area (TPSA) is 63.6 Å². The zero-order valence-electron chi connectivity index (χ0n) is 19.7. The Bertz CT molecular complexity index is 597. The molecule has 31 heavy (non-hydrogen) atoms. The third kappa shape index (κ3) is 14.0. The highest BCUT2D eigenvalue weighted by Gasteiger charge is 2.16. The Morgan fingerprint density at radius 3 is 1.45 bits per heavy atom. The molecule has 0 spiro atoms. The summed E-state index contributed by atoms with van der Waals surface area (Å²) in [6, 6.07) is 6.18. The van der Waals surface area contributed by atoms with Gasteiger partial charge in [-0.1, -0.05) is 122 Å². The van der Waals surface area contributed by atoms with Crippen LogP contribution in [0.4, 0.5) is 0 Å². The quantitative estimate of drug-likeness (QED) is 0.167. The lowest BCUT2D eigenvalue weighted by Crippen LogP contribution is -2.12. The molecule has 0 aromatic heterocycles. The Kier molecular flexibility index (Phi) is 16.6. The summed E-state index contributed by atoms with van der Waals surface area (Å²) in [4.78, 5) is 23.2. The average molecular weight is 433 g/mol. The van der Waals surface area contributed by atoms with Crippen molar-refractivity contribution in [3.8, 4) is 0 Å². The highest BCUT2D eigenvalue weighted by atomic mass is 16.5. The van der Waals surface area contributed by atoms with Crippen LogP contribution in [0, 0.1) is 0 Å². The van der Waals surface area contributed by atoms with Crippen LogP contribution in [0.3, 0.4) is 0 Å². The first-order valence-electron chi connectivity index (χ1n) is 12.7. The van der Waals surface area contributed by atoms with Crippen LogP contribution in [0.1, 0.15) is 137 Å². The third-order valence-electron chi connectivity index (χ3n) is 5.86. The van der Waals surface area contributed by atoms with E-state index in [1.165, 1.54) is 108 Å². The van der Waals surface area contributed by atoms with Gasteiger partial charge in [0.15, 0.2) is 0 Å². The lowest BCUT2D eigenvalue weighted by Gasteiger charge is -2.07. The van der Waals surface area contributed by atoms with E-state index in [9.17, 15) is 9.59 Å². The van der Waals surface area contributed by atoms with E-state index in [2.05, 4.69) is 6.92 Å². The SMILES string of the molecule is CCCCCCCCCCCCCCCCCCCOC(=O)c1ccccc1C(=O)O. The predicted octanol–water partition coefficient (Wildman–Crippen LogP) is 8.19. The molecule has 0 radical (unpaired) electrons. The summed E-state index contributed by atoms with van der Waals surface area (Å²) in [6.07, 6.45) is 22.3. The second-order valence-electron chi connectivity index (χ2n) is 8.64. The average Bonchev–Trinajstić information content (AvgIpc) is 2.78. The van der Waals surface area contributed by atoms with E-state index in [0.29, 0.717) is 6.61 Å². The fourth-order valence-corrected chi connectivity index (χ4v) is 3.92.